The lowest BCUT2D eigenvalue weighted by Crippen LogP contribution is -2.27. The summed E-state index contributed by atoms with van der Waals surface area (Å²) < 4.78 is 13.0. The average Bonchev–Trinajstić information content (AvgIpc) is 2.96. The number of thioether (sulfide) groups is 1. The van der Waals surface area contributed by atoms with Gasteiger partial charge in [-0.1, -0.05) is 41.5 Å². The second-order valence-corrected chi connectivity index (χ2v) is 9.74. The van der Waals surface area contributed by atoms with Crippen LogP contribution in [0.15, 0.2) is 39.7 Å². The third kappa shape index (κ3) is 4.91. The minimum Gasteiger partial charge on any atom is -0.493 e. The van der Waals surface area contributed by atoms with Gasteiger partial charge in [0.2, 0.25) is 0 Å². The zero-order chi connectivity index (χ0) is 21.1. The van der Waals surface area contributed by atoms with Crippen molar-refractivity contribution in [3.63, 3.8) is 0 Å². The smallest absolute Gasteiger partial charge is 0.270 e. The van der Waals surface area contributed by atoms with Crippen LogP contribution in [-0.2, 0) is 4.79 Å². The average molecular weight is 621 g/mol. The number of hydrogen-bond donors (Lipinski definition) is 0. The lowest BCUT2D eigenvalue weighted by atomic mass is 10.1. The highest BCUT2D eigenvalue weighted by Gasteiger charge is 2.33. The van der Waals surface area contributed by atoms with Crippen molar-refractivity contribution >= 4 is 96.1 Å². The fraction of sp³-hybridized carbons (Fsp3) is 0.100. The second kappa shape index (κ2) is 9.71. The Kier molecular flexibility index (Phi) is 7.51. The molecule has 4 nitrogen and oxygen atoms in total. The summed E-state index contributed by atoms with van der Waals surface area (Å²) in [5, 5.41) is 0.502. The number of halogens is 3. The molecule has 29 heavy (non-hydrogen) atoms. The third-order valence-corrected chi connectivity index (χ3v) is 7.14. The Morgan fingerprint density at radius 2 is 2.17 bits per heavy atom. The van der Waals surface area contributed by atoms with Crippen LogP contribution in [0.4, 0.5) is 5.69 Å². The fourth-order valence-corrected chi connectivity index (χ4v) is 5.04. The van der Waals surface area contributed by atoms with Crippen LogP contribution >= 0.6 is 74.1 Å². The van der Waals surface area contributed by atoms with Crippen molar-refractivity contribution in [2.24, 2.45) is 0 Å². The van der Waals surface area contributed by atoms with Gasteiger partial charge in [-0.15, -0.1) is 6.42 Å². The van der Waals surface area contributed by atoms with Crippen molar-refractivity contribution in [1.82, 2.24) is 0 Å². The Bertz CT molecular complexity index is 1080. The molecule has 2 aromatic carbocycles. The summed E-state index contributed by atoms with van der Waals surface area (Å²) in [7, 11) is 1.55. The van der Waals surface area contributed by atoms with E-state index in [1.807, 2.05) is 6.07 Å². The largest absolute Gasteiger partial charge is 0.493 e. The molecule has 1 aliphatic rings. The quantitative estimate of drug-likeness (QED) is 0.174. The topological polar surface area (TPSA) is 38.8 Å². The first kappa shape index (κ1) is 22.4. The molecule has 1 heterocycles. The lowest BCUT2D eigenvalue weighted by Gasteiger charge is -2.15. The summed E-state index contributed by atoms with van der Waals surface area (Å²) in [5.41, 5.74) is 1.41. The fourth-order valence-electron chi connectivity index (χ4n) is 2.54. The summed E-state index contributed by atoms with van der Waals surface area (Å²) in [4.78, 5) is 15.0. The van der Waals surface area contributed by atoms with E-state index >= 15 is 0 Å². The van der Waals surface area contributed by atoms with E-state index in [4.69, 9.17) is 39.7 Å². The van der Waals surface area contributed by atoms with E-state index in [-0.39, 0.29) is 12.5 Å². The number of terminal acetylenes is 1. The molecule has 0 bridgehead atoms. The third-order valence-electron chi connectivity index (χ3n) is 3.80. The van der Waals surface area contributed by atoms with Crippen LogP contribution < -0.4 is 14.4 Å². The first-order chi connectivity index (χ1) is 13.8. The van der Waals surface area contributed by atoms with Crippen LogP contribution in [0.5, 0.6) is 11.5 Å². The van der Waals surface area contributed by atoms with Crippen molar-refractivity contribution in [3.05, 3.63) is 53.9 Å². The van der Waals surface area contributed by atoms with Gasteiger partial charge in [-0.05, 0) is 80.5 Å². The maximum absolute atomic E-state index is 13.0. The van der Waals surface area contributed by atoms with E-state index in [1.165, 1.54) is 16.7 Å². The molecule has 2 aromatic rings. The molecule has 0 spiro atoms. The van der Waals surface area contributed by atoms with Crippen LogP contribution in [-0.4, -0.2) is 23.9 Å². The Morgan fingerprint density at radius 1 is 1.41 bits per heavy atom. The second-order valence-electron chi connectivity index (χ2n) is 5.64. The summed E-state index contributed by atoms with van der Waals surface area (Å²) in [6, 6.07) is 8.94. The molecular weight excluding hydrogens is 609 g/mol. The molecule has 9 heteroatoms. The number of carbonyl (C=O) groups is 1. The number of hydrogen-bond acceptors (Lipinski definition) is 5. The standard InChI is InChI=1S/C20H12BrClINO3S2/c1-3-6-27-18-15(23)7-11(8-16(18)26-2)9-17-19(25)24(20(28)29-17)12-4-5-13(21)14(22)10-12/h1,4-5,7-10H,6H2,2H3/b17-9+. The SMILES string of the molecule is C#CCOc1c(I)cc(/C=C2/SC(=S)N(c3ccc(Br)c(Cl)c3)C2=O)cc1OC. The maximum Gasteiger partial charge on any atom is 0.270 e. The highest BCUT2D eigenvalue weighted by atomic mass is 127. The van der Waals surface area contributed by atoms with E-state index in [0.29, 0.717) is 31.4 Å². The van der Waals surface area contributed by atoms with Gasteiger partial charge in [-0.3, -0.25) is 9.69 Å². The van der Waals surface area contributed by atoms with Crippen molar-refractivity contribution in [1.29, 1.82) is 0 Å². The predicted octanol–water partition coefficient (Wildman–Crippen LogP) is 6.13. The Hall–Kier alpha value is -1.25. The molecule has 0 saturated carbocycles. The molecule has 0 unspecified atom stereocenters. The van der Waals surface area contributed by atoms with Crippen molar-refractivity contribution in [3.8, 4) is 23.8 Å². The van der Waals surface area contributed by atoms with Crippen LogP contribution in [0, 0.1) is 15.9 Å². The Labute approximate surface area is 205 Å². The number of ether oxygens (including phenoxy) is 2. The minimum atomic E-state index is -0.208. The van der Waals surface area contributed by atoms with Gasteiger partial charge in [0.05, 0.1) is 26.3 Å². The van der Waals surface area contributed by atoms with E-state index < -0.39 is 0 Å². The molecule has 1 fully saturated rings. The van der Waals surface area contributed by atoms with Gasteiger partial charge in [-0.2, -0.15) is 0 Å². The van der Waals surface area contributed by atoms with Gasteiger partial charge in [0.25, 0.3) is 5.91 Å². The summed E-state index contributed by atoms with van der Waals surface area (Å²) >= 11 is 18.3. The molecule has 0 radical (unpaired) electrons. The number of benzene rings is 2. The van der Waals surface area contributed by atoms with Crippen LogP contribution in [0.3, 0.4) is 0 Å². The van der Waals surface area contributed by atoms with Crippen LogP contribution in [0.2, 0.25) is 5.02 Å². The number of methoxy groups -OCH3 is 1. The molecule has 1 aliphatic heterocycles. The van der Waals surface area contributed by atoms with Crippen molar-refractivity contribution in [2.45, 2.75) is 0 Å². The summed E-state index contributed by atoms with van der Waals surface area (Å²) in [6.07, 6.45) is 7.04. The van der Waals surface area contributed by atoms with Gasteiger partial charge < -0.3 is 9.47 Å². The molecule has 0 atom stereocenters. The number of rotatable bonds is 5. The van der Waals surface area contributed by atoms with Crippen LogP contribution in [0.1, 0.15) is 5.56 Å². The first-order valence-electron chi connectivity index (χ1n) is 8.02. The minimum absolute atomic E-state index is 0.139. The monoisotopic (exact) mass is 619 g/mol. The molecule has 0 aromatic heterocycles. The van der Waals surface area contributed by atoms with E-state index in [2.05, 4.69) is 44.4 Å². The van der Waals surface area contributed by atoms with Gasteiger partial charge in [-0.25, -0.2) is 0 Å². The summed E-state index contributed by atoms with van der Waals surface area (Å²) in [5.74, 6) is 3.33. The van der Waals surface area contributed by atoms with Gasteiger partial charge in [0.1, 0.15) is 6.61 Å². The van der Waals surface area contributed by atoms with E-state index in [0.717, 1.165) is 13.6 Å². The molecular formula is C20H12BrClINO3S2. The molecule has 0 aliphatic carbocycles. The van der Waals surface area contributed by atoms with E-state index in [1.54, 1.807) is 37.5 Å². The van der Waals surface area contributed by atoms with E-state index in [9.17, 15) is 4.79 Å². The van der Waals surface area contributed by atoms with Gasteiger partial charge in [0, 0.05) is 4.47 Å². The highest BCUT2D eigenvalue weighted by Crippen LogP contribution is 2.40. The Morgan fingerprint density at radius 3 is 2.83 bits per heavy atom. The number of nitrogens with zero attached hydrogens (tertiary/aromatic N) is 1. The van der Waals surface area contributed by atoms with Crippen molar-refractivity contribution in [2.75, 3.05) is 18.6 Å². The number of carbonyl (C=O) groups excluding carboxylic acids is 1. The zero-order valence-corrected chi connectivity index (χ0v) is 21.0. The number of anilines is 1. The number of thiocarbonyl (C=S) groups is 1. The van der Waals surface area contributed by atoms with Crippen molar-refractivity contribution < 1.29 is 14.3 Å². The lowest BCUT2D eigenvalue weighted by molar-refractivity contribution is -0.113. The first-order valence-corrected chi connectivity index (χ1v) is 11.5. The van der Waals surface area contributed by atoms with Gasteiger partial charge in [0.15, 0.2) is 15.8 Å². The van der Waals surface area contributed by atoms with Crippen LogP contribution in [0.25, 0.3) is 6.08 Å². The zero-order valence-electron chi connectivity index (χ0n) is 14.9. The molecule has 3 rings (SSSR count). The summed E-state index contributed by atoms with van der Waals surface area (Å²) in [6.45, 7) is 0.139. The normalized spacial score (nSPS) is 15.0. The Balaban J connectivity index is 1.94. The van der Waals surface area contributed by atoms with Gasteiger partial charge >= 0.3 is 0 Å². The number of amides is 1. The molecule has 1 amide bonds. The molecule has 148 valence electrons. The predicted molar refractivity (Wildman–Crippen MR) is 135 cm³/mol. The maximum atomic E-state index is 13.0. The molecule has 0 N–H and O–H groups in total. The highest BCUT2D eigenvalue weighted by molar-refractivity contribution is 14.1. The molecule has 1 saturated heterocycles.